The lowest BCUT2D eigenvalue weighted by molar-refractivity contribution is -0.134. The maximum absolute atomic E-state index is 12.2. The third-order valence-electron chi connectivity index (χ3n) is 1.46. The van der Waals surface area contributed by atoms with E-state index in [1.54, 1.807) is 13.8 Å². The Kier molecular flexibility index (Phi) is 3.25. The highest BCUT2D eigenvalue weighted by molar-refractivity contribution is 7.15. The average Bonchev–Trinajstić information content (AvgIpc) is 2.45. The van der Waals surface area contributed by atoms with Crippen molar-refractivity contribution in [1.29, 1.82) is 0 Å². The van der Waals surface area contributed by atoms with Gasteiger partial charge in [-0.15, -0.1) is 0 Å². The fraction of sp³-hybridized carbons (Fsp3) is 0.625. The van der Waals surface area contributed by atoms with Crippen LogP contribution in [0.4, 0.5) is 18.3 Å². The van der Waals surface area contributed by atoms with Crippen LogP contribution in [0.5, 0.6) is 0 Å². The van der Waals surface area contributed by atoms with E-state index in [0.29, 0.717) is 11.3 Å². The van der Waals surface area contributed by atoms with E-state index in [0.717, 1.165) is 6.20 Å². The molecular formula is C8H11F3N2OS. The smallest absolute Gasteiger partial charge is 0.389 e. The molecule has 0 bridgehead atoms. The van der Waals surface area contributed by atoms with Gasteiger partial charge >= 0.3 is 6.18 Å². The molecule has 0 aliphatic carbocycles. The lowest BCUT2D eigenvalue weighted by atomic mass is 10.1. The Morgan fingerprint density at radius 2 is 2.07 bits per heavy atom. The van der Waals surface area contributed by atoms with E-state index in [1.807, 2.05) is 0 Å². The minimum absolute atomic E-state index is 0.151. The summed E-state index contributed by atoms with van der Waals surface area (Å²) in [5.41, 5.74) is -0.982. The molecule has 2 N–H and O–H groups in total. The summed E-state index contributed by atoms with van der Waals surface area (Å²) in [6.07, 6.45) is -3.58. The quantitative estimate of drug-likeness (QED) is 0.852. The monoisotopic (exact) mass is 240 g/mol. The lowest BCUT2D eigenvalue weighted by Gasteiger charge is -2.16. The molecule has 0 unspecified atom stereocenters. The molecule has 0 saturated heterocycles. The number of rotatable bonds is 3. The highest BCUT2D eigenvalue weighted by Crippen LogP contribution is 2.34. The van der Waals surface area contributed by atoms with E-state index in [4.69, 9.17) is 0 Å². The minimum Gasteiger partial charge on any atom is -0.389 e. The zero-order valence-corrected chi connectivity index (χ0v) is 9.04. The third kappa shape index (κ3) is 4.05. The van der Waals surface area contributed by atoms with Crippen molar-refractivity contribution in [2.75, 3.05) is 11.9 Å². The summed E-state index contributed by atoms with van der Waals surface area (Å²) < 4.78 is 36.5. The van der Waals surface area contributed by atoms with Gasteiger partial charge in [0.05, 0.1) is 11.8 Å². The predicted molar refractivity (Wildman–Crippen MR) is 51.9 cm³/mol. The van der Waals surface area contributed by atoms with Crippen LogP contribution in [0.3, 0.4) is 0 Å². The maximum atomic E-state index is 12.2. The molecule has 86 valence electrons. The summed E-state index contributed by atoms with van der Waals surface area (Å²) in [6.45, 7) is 3.26. The Morgan fingerprint density at radius 1 is 1.47 bits per heavy atom. The van der Waals surface area contributed by atoms with Crippen molar-refractivity contribution in [2.24, 2.45) is 0 Å². The van der Waals surface area contributed by atoms with Crippen molar-refractivity contribution in [1.82, 2.24) is 4.98 Å². The minimum atomic E-state index is -4.35. The van der Waals surface area contributed by atoms with Crippen LogP contribution in [0.1, 0.15) is 18.7 Å². The van der Waals surface area contributed by atoms with Crippen LogP contribution in [-0.2, 0) is 6.18 Å². The molecular weight excluding hydrogens is 229 g/mol. The van der Waals surface area contributed by atoms with Crippen molar-refractivity contribution in [2.45, 2.75) is 25.6 Å². The maximum Gasteiger partial charge on any atom is 0.427 e. The molecule has 0 aromatic carbocycles. The van der Waals surface area contributed by atoms with E-state index in [-0.39, 0.29) is 11.7 Å². The first kappa shape index (κ1) is 12.3. The SMILES string of the molecule is CC(C)(O)CNc1ncc(C(F)(F)F)s1. The van der Waals surface area contributed by atoms with Gasteiger partial charge in [0.15, 0.2) is 5.13 Å². The average molecular weight is 240 g/mol. The molecule has 0 spiro atoms. The molecule has 0 fully saturated rings. The number of aliphatic hydroxyl groups is 1. The summed E-state index contributed by atoms with van der Waals surface area (Å²) >= 11 is 0.522. The Hall–Kier alpha value is -0.820. The summed E-state index contributed by atoms with van der Waals surface area (Å²) in [7, 11) is 0. The number of nitrogens with one attached hydrogen (secondary N) is 1. The fourth-order valence-corrected chi connectivity index (χ4v) is 1.46. The van der Waals surface area contributed by atoms with Gasteiger partial charge in [-0.1, -0.05) is 11.3 Å². The molecule has 1 heterocycles. The molecule has 3 nitrogen and oxygen atoms in total. The second-order valence-corrected chi connectivity index (χ2v) is 4.72. The molecule has 0 amide bonds. The topological polar surface area (TPSA) is 45.1 Å². The van der Waals surface area contributed by atoms with Crippen LogP contribution in [-0.4, -0.2) is 22.2 Å². The number of thiazole rings is 1. The molecule has 0 aliphatic heterocycles. The predicted octanol–water partition coefficient (Wildman–Crippen LogP) is 2.34. The Morgan fingerprint density at radius 3 is 2.47 bits per heavy atom. The number of halogens is 3. The largest absolute Gasteiger partial charge is 0.427 e. The van der Waals surface area contributed by atoms with Crippen LogP contribution in [0.25, 0.3) is 0 Å². The second-order valence-electron chi connectivity index (χ2n) is 3.69. The first-order valence-corrected chi connectivity index (χ1v) is 4.99. The van der Waals surface area contributed by atoms with Gasteiger partial charge in [-0.05, 0) is 13.8 Å². The fourth-order valence-electron chi connectivity index (χ4n) is 0.779. The molecule has 1 aromatic rings. The van der Waals surface area contributed by atoms with Gasteiger partial charge in [0.2, 0.25) is 0 Å². The molecule has 0 radical (unpaired) electrons. The summed E-state index contributed by atoms with van der Waals surface area (Å²) in [4.78, 5) is 2.81. The summed E-state index contributed by atoms with van der Waals surface area (Å²) in [5.74, 6) is 0. The number of anilines is 1. The van der Waals surface area contributed by atoms with Crippen molar-refractivity contribution in [3.05, 3.63) is 11.1 Å². The van der Waals surface area contributed by atoms with Gasteiger partial charge in [0.25, 0.3) is 0 Å². The van der Waals surface area contributed by atoms with E-state index >= 15 is 0 Å². The van der Waals surface area contributed by atoms with Gasteiger partial charge in [-0.3, -0.25) is 0 Å². The zero-order chi connectivity index (χ0) is 11.7. The van der Waals surface area contributed by atoms with Crippen LogP contribution >= 0.6 is 11.3 Å². The Bertz CT molecular complexity index is 329. The van der Waals surface area contributed by atoms with Crippen molar-refractivity contribution >= 4 is 16.5 Å². The molecule has 15 heavy (non-hydrogen) atoms. The summed E-state index contributed by atoms with van der Waals surface area (Å²) in [5, 5.41) is 12.1. The number of hydrogen-bond acceptors (Lipinski definition) is 4. The highest BCUT2D eigenvalue weighted by Gasteiger charge is 2.33. The van der Waals surface area contributed by atoms with Crippen molar-refractivity contribution in [3.8, 4) is 0 Å². The molecule has 0 atom stereocenters. The number of nitrogens with zero attached hydrogens (tertiary/aromatic N) is 1. The highest BCUT2D eigenvalue weighted by atomic mass is 32.1. The van der Waals surface area contributed by atoms with Crippen LogP contribution in [0, 0.1) is 0 Å². The summed E-state index contributed by atoms with van der Waals surface area (Å²) in [6, 6.07) is 0. The molecule has 0 aliphatic rings. The van der Waals surface area contributed by atoms with Gasteiger partial charge < -0.3 is 10.4 Å². The third-order valence-corrected chi connectivity index (χ3v) is 2.46. The van der Waals surface area contributed by atoms with Crippen molar-refractivity contribution in [3.63, 3.8) is 0 Å². The number of alkyl halides is 3. The standard InChI is InChI=1S/C8H11F3N2OS/c1-7(2,14)4-13-6-12-3-5(15-6)8(9,10)11/h3,14H,4H2,1-2H3,(H,12,13). The molecule has 1 rings (SSSR count). The Balaban J connectivity index is 2.62. The second kappa shape index (κ2) is 3.97. The molecule has 7 heteroatoms. The molecule has 1 aromatic heterocycles. The normalized spacial score (nSPS) is 12.9. The first-order valence-electron chi connectivity index (χ1n) is 4.18. The van der Waals surface area contributed by atoms with Crippen LogP contribution in [0.15, 0.2) is 6.20 Å². The van der Waals surface area contributed by atoms with E-state index < -0.39 is 16.7 Å². The number of aromatic nitrogens is 1. The van der Waals surface area contributed by atoms with E-state index in [1.165, 1.54) is 0 Å². The lowest BCUT2D eigenvalue weighted by Crippen LogP contribution is -2.29. The van der Waals surface area contributed by atoms with Crippen LogP contribution < -0.4 is 5.32 Å². The van der Waals surface area contributed by atoms with E-state index in [9.17, 15) is 18.3 Å². The van der Waals surface area contributed by atoms with Crippen LogP contribution in [0.2, 0.25) is 0 Å². The first-order chi connectivity index (χ1) is 6.68. The van der Waals surface area contributed by atoms with Gasteiger partial charge in [-0.2, -0.15) is 13.2 Å². The Labute approximate surface area is 89.0 Å². The van der Waals surface area contributed by atoms with Gasteiger partial charge in [-0.25, -0.2) is 4.98 Å². The van der Waals surface area contributed by atoms with Gasteiger partial charge in [0.1, 0.15) is 4.88 Å². The zero-order valence-electron chi connectivity index (χ0n) is 8.22. The van der Waals surface area contributed by atoms with Crippen molar-refractivity contribution < 1.29 is 18.3 Å². The molecule has 0 saturated carbocycles. The van der Waals surface area contributed by atoms with E-state index in [2.05, 4.69) is 10.3 Å². The van der Waals surface area contributed by atoms with Gasteiger partial charge in [0, 0.05) is 6.54 Å². The number of hydrogen-bond donors (Lipinski definition) is 2.